The third-order valence-corrected chi connectivity index (χ3v) is 2.94. The molecule has 1 aromatic carbocycles. The van der Waals surface area contributed by atoms with Crippen LogP contribution in [0.2, 0.25) is 0 Å². The predicted molar refractivity (Wildman–Crippen MR) is 70.8 cm³/mol. The number of benzene rings is 1. The topological polar surface area (TPSA) is 29.5 Å². The van der Waals surface area contributed by atoms with Crippen LogP contribution in [-0.4, -0.2) is 22.9 Å². The summed E-state index contributed by atoms with van der Waals surface area (Å²) in [7, 11) is 0. The summed E-state index contributed by atoms with van der Waals surface area (Å²) in [5.41, 5.74) is 0.950. The highest BCUT2D eigenvalue weighted by Crippen LogP contribution is 2.22. The van der Waals surface area contributed by atoms with E-state index in [0.717, 1.165) is 11.3 Å². The molecule has 0 bridgehead atoms. The molecule has 1 aromatic rings. The van der Waals surface area contributed by atoms with Gasteiger partial charge in [-0.3, -0.25) is 4.79 Å². The van der Waals surface area contributed by atoms with Gasteiger partial charge in [-0.1, -0.05) is 30.3 Å². The lowest BCUT2D eigenvalue weighted by Crippen LogP contribution is -2.42. The van der Waals surface area contributed by atoms with Gasteiger partial charge in [0.05, 0.1) is 6.54 Å². The van der Waals surface area contributed by atoms with Crippen molar-refractivity contribution < 1.29 is 9.53 Å². The normalized spacial score (nSPS) is 15.8. The molecule has 3 heteroatoms. The predicted octanol–water partition coefficient (Wildman–Crippen LogP) is 2.73. The molecule has 3 nitrogen and oxygen atoms in total. The summed E-state index contributed by atoms with van der Waals surface area (Å²) in [5.74, 6) is 0.782. The largest absolute Gasteiger partial charge is 0.491 e. The van der Waals surface area contributed by atoms with Crippen LogP contribution in [0.1, 0.15) is 26.3 Å². The number of hydrogen-bond acceptors (Lipinski definition) is 2. The highest BCUT2D eigenvalue weighted by Gasteiger charge is 2.31. The molecule has 0 saturated carbocycles. The fraction of sp³-hybridized carbons (Fsp3) is 0.400. The number of carbonyl (C=O) groups is 1. The van der Waals surface area contributed by atoms with Gasteiger partial charge in [0.2, 0.25) is 0 Å². The summed E-state index contributed by atoms with van der Waals surface area (Å²) in [6.07, 6.45) is 1.59. The standard InChI is InChI=1S/C15H19NO2/c1-15(2,3)16-10-13(9-14(16)17)18-11-12-7-5-4-6-8-12/h4-9H,10-11H2,1-3H3. The van der Waals surface area contributed by atoms with Crippen LogP contribution < -0.4 is 0 Å². The fourth-order valence-electron chi connectivity index (χ4n) is 1.90. The first-order chi connectivity index (χ1) is 8.47. The fourth-order valence-corrected chi connectivity index (χ4v) is 1.90. The lowest BCUT2D eigenvalue weighted by Gasteiger charge is -2.31. The van der Waals surface area contributed by atoms with Gasteiger partial charge < -0.3 is 9.64 Å². The summed E-state index contributed by atoms with van der Waals surface area (Å²) < 4.78 is 5.68. The highest BCUT2D eigenvalue weighted by atomic mass is 16.5. The van der Waals surface area contributed by atoms with Crippen LogP contribution in [0.25, 0.3) is 0 Å². The maximum atomic E-state index is 11.8. The zero-order valence-electron chi connectivity index (χ0n) is 11.1. The molecular weight excluding hydrogens is 226 g/mol. The molecule has 2 rings (SSSR count). The maximum absolute atomic E-state index is 11.8. The molecule has 0 aromatic heterocycles. The quantitative estimate of drug-likeness (QED) is 0.819. The van der Waals surface area contributed by atoms with Crippen LogP contribution in [-0.2, 0) is 16.1 Å². The van der Waals surface area contributed by atoms with Crippen LogP contribution in [0, 0.1) is 0 Å². The first-order valence-electron chi connectivity index (χ1n) is 6.16. The number of hydrogen-bond donors (Lipinski definition) is 0. The van der Waals surface area contributed by atoms with Crippen molar-refractivity contribution in [2.75, 3.05) is 6.54 Å². The zero-order chi connectivity index (χ0) is 13.2. The lowest BCUT2D eigenvalue weighted by atomic mass is 10.1. The van der Waals surface area contributed by atoms with Crippen molar-refractivity contribution in [2.45, 2.75) is 32.9 Å². The van der Waals surface area contributed by atoms with E-state index >= 15 is 0 Å². The van der Waals surface area contributed by atoms with Gasteiger partial charge in [-0.25, -0.2) is 0 Å². The molecule has 0 saturated heterocycles. The van der Waals surface area contributed by atoms with Gasteiger partial charge in [0.25, 0.3) is 5.91 Å². The maximum Gasteiger partial charge on any atom is 0.250 e. The number of amides is 1. The van der Waals surface area contributed by atoms with Crippen LogP contribution in [0.4, 0.5) is 0 Å². The minimum atomic E-state index is -0.161. The minimum absolute atomic E-state index is 0.0329. The molecule has 0 aliphatic carbocycles. The molecule has 0 spiro atoms. The van der Waals surface area contributed by atoms with Gasteiger partial charge in [-0.05, 0) is 26.3 Å². The van der Waals surface area contributed by atoms with Crippen molar-refractivity contribution >= 4 is 5.91 Å². The van der Waals surface area contributed by atoms with Gasteiger partial charge >= 0.3 is 0 Å². The van der Waals surface area contributed by atoms with Gasteiger partial charge in [0.15, 0.2) is 0 Å². The molecule has 0 unspecified atom stereocenters. The van der Waals surface area contributed by atoms with Crippen LogP contribution >= 0.6 is 0 Å². The molecule has 96 valence electrons. The second kappa shape index (κ2) is 4.84. The molecule has 0 atom stereocenters. The number of ether oxygens (including phenoxy) is 1. The first kappa shape index (κ1) is 12.7. The molecule has 1 aliphatic heterocycles. The second-order valence-electron chi connectivity index (χ2n) is 5.48. The Morgan fingerprint density at radius 1 is 1.22 bits per heavy atom. The molecule has 0 fully saturated rings. The van der Waals surface area contributed by atoms with E-state index in [0.29, 0.717) is 13.2 Å². The van der Waals surface area contributed by atoms with Crippen LogP contribution in [0.15, 0.2) is 42.2 Å². The van der Waals surface area contributed by atoms with E-state index in [9.17, 15) is 4.79 Å². The molecule has 18 heavy (non-hydrogen) atoms. The monoisotopic (exact) mass is 245 g/mol. The molecule has 1 amide bonds. The molecule has 1 heterocycles. The van der Waals surface area contributed by atoms with E-state index in [-0.39, 0.29) is 11.4 Å². The summed E-state index contributed by atoms with van der Waals surface area (Å²) in [5, 5.41) is 0. The summed E-state index contributed by atoms with van der Waals surface area (Å²) in [6.45, 7) is 7.16. The van der Waals surface area contributed by atoms with Gasteiger partial charge in [-0.2, -0.15) is 0 Å². The van der Waals surface area contributed by atoms with E-state index in [1.807, 2.05) is 56.0 Å². The van der Waals surface area contributed by atoms with Crippen molar-refractivity contribution in [1.82, 2.24) is 4.90 Å². The second-order valence-corrected chi connectivity index (χ2v) is 5.48. The van der Waals surface area contributed by atoms with Crippen molar-refractivity contribution in [2.24, 2.45) is 0 Å². The van der Waals surface area contributed by atoms with E-state index < -0.39 is 0 Å². The van der Waals surface area contributed by atoms with E-state index in [1.54, 1.807) is 6.08 Å². The van der Waals surface area contributed by atoms with E-state index in [2.05, 4.69) is 0 Å². The van der Waals surface area contributed by atoms with Crippen molar-refractivity contribution in [3.63, 3.8) is 0 Å². The van der Waals surface area contributed by atoms with Gasteiger partial charge in [0.1, 0.15) is 12.4 Å². The van der Waals surface area contributed by atoms with Crippen LogP contribution in [0.3, 0.4) is 0 Å². The minimum Gasteiger partial charge on any atom is -0.491 e. The van der Waals surface area contributed by atoms with Crippen LogP contribution in [0.5, 0.6) is 0 Å². The van der Waals surface area contributed by atoms with Gasteiger partial charge in [-0.15, -0.1) is 0 Å². The number of carbonyl (C=O) groups excluding carboxylic acids is 1. The third kappa shape index (κ3) is 2.92. The Labute approximate surface area is 108 Å². The first-order valence-corrected chi connectivity index (χ1v) is 6.16. The number of nitrogens with zero attached hydrogens (tertiary/aromatic N) is 1. The van der Waals surface area contributed by atoms with E-state index in [4.69, 9.17) is 4.74 Å². The molecule has 0 radical (unpaired) electrons. The summed E-state index contributed by atoms with van der Waals surface area (Å²) >= 11 is 0. The van der Waals surface area contributed by atoms with Crippen molar-refractivity contribution in [3.05, 3.63) is 47.7 Å². The Hall–Kier alpha value is -1.77. The number of rotatable bonds is 3. The van der Waals surface area contributed by atoms with Gasteiger partial charge in [0, 0.05) is 11.6 Å². The Kier molecular flexibility index (Phi) is 3.41. The van der Waals surface area contributed by atoms with Crippen molar-refractivity contribution in [3.8, 4) is 0 Å². The molecular formula is C15H19NO2. The van der Waals surface area contributed by atoms with Crippen molar-refractivity contribution in [1.29, 1.82) is 0 Å². The average Bonchev–Trinajstić information content (AvgIpc) is 2.69. The Morgan fingerprint density at radius 2 is 1.89 bits per heavy atom. The van der Waals surface area contributed by atoms with E-state index in [1.165, 1.54) is 0 Å². The Morgan fingerprint density at radius 3 is 2.44 bits per heavy atom. The Balaban J connectivity index is 1.93. The summed E-state index contributed by atoms with van der Waals surface area (Å²) in [6, 6.07) is 9.96. The molecule has 0 N–H and O–H groups in total. The summed E-state index contributed by atoms with van der Waals surface area (Å²) in [4.78, 5) is 13.6. The highest BCUT2D eigenvalue weighted by molar-refractivity contribution is 5.91. The third-order valence-electron chi connectivity index (χ3n) is 2.94. The smallest absolute Gasteiger partial charge is 0.250 e. The SMILES string of the molecule is CC(C)(C)N1CC(OCc2ccccc2)=CC1=O. The zero-order valence-corrected chi connectivity index (χ0v) is 11.1. The molecule has 1 aliphatic rings. The lowest BCUT2D eigenvalue weighted by molar-refractivity contribution is -0.128. The average molecular weight is 245 g/mol. The Bertz CT molecular complexity index is 457.